The van der Waals surface area contributed by atoms with Crippen molar-refractivity contribution in [2.45, 2.75) is 51.6 Å². The molecule has 1 atom stereocenters. The Morgan fingerprint density at radius 3 is 2.53 bits per heavy atom. The number of nitrogens with one attached hydrogen (secondary N) is 1. The largest absolute Gasteiger partial charge is 0.308 e. The summed E-state index contributed by atoms with van der Waals surface area (Å²) in [5, 5.41) is 3.77. The van der Waals surface area contributed by atoms with Gasteiger partial charge in [-0.1, -0.05) is 44.2 Å². The van der Waals surface area contributed by atoms with Gasteiger partial charge in [-0.3, -0.25) is 4.90 Å². The average Bonchev–Trinajstić information content (AvgIpc) is 2.48. The van der Waals surface area contributed by atoms with Crippen LogP contribution in [0.15, 0.2) is 30.3 Å². The second-order valence-electron chi connectivity index (χ2n) is 5.92. The van der Waals surface area contributed by atoms with Crippen molar-refractivity contribution >= 4 is 0 Å². The average molecular weight is 260 g/mol. The van der Waals surface area contributed by atoms with E-state index in [1.807, 2.05) is 0 Å². The Bertz CT molecular complexity index is 370. The molecule has 1 aromatic carbocycles. The molecule has 106 valence electrons. The maximum absolute atomic E-state index is 3.77. The van der Waals surface area contributed by atoms with Gasteiger partial charge >= 0.3 is 0 Å². The quantitative estimate of drug-likeness (QED) is 0.875. The van der Waals surface area contributed by atoms with Crippen LogP contribution in [0.25, 0.3) is 0 Å². The SMILES string of the molecule is CCC1(CC)CN(CCc2ccccc2)C(C)CN1. The van der Waals surface area contributed by atoms with Crippen LogP contribution in [0.5, 0.6) is 0 Å². The number of piperazine rings is 1. The number of benzene rings is 1. The van der Waals surface area contributed by atoms with Gasteiger partial charge in [0.1, 0.15) is 0 Å². The zero-order valence-corrected chi connectivity index (χ0v) is 12.7. The fourth-order valence-corrected chi connectivity index (χ4v) is 3.03. The topological polar surface area (TPSA) is 15.3 Å². The summed E-state index contributed by atoms with van der Waals surface area (Å²) >= 11 is 0. The Morgan fingerprint density at radius 1 is 1.21 bits per heavy atom. The molecule has 2 nitrogen and oxygen atoms in total. The van der Waals surface area contributed by atoms with Crippen LogP contribution >= 0.6 is 0 Å². The smallest absolute Gasteiger partial charge is 0.0304 e. The Balaban J connectivity index is 1.94. The van der Waals surface area contributed by atoms with E-state index in [2.05, 4.69) is 61.3 Å². The van der Waals surface area contributed by atoms with Crippen molar-refractivity contribution < 1.29 is 0 Å². The van der Waals surface area contributed by atoms with Crippen molar-refractivity contribution in [3.63, 3.8) is 0 Å². The molecule has 2 heteroatoms. The van der Waals surface area contributed by atoms with E-state index >= 15 is 0 Å². The van der Waals surface area contributed by atoms with Gasteiger partial charge in [0.2, 0.25) is 0 Å². The van der Waals surface area contributed by atoms with Gasteiger partial charge in [-0.05, 0) is 31.7 Å². The molecule has 1 unspecified atom stereocenters. The van der Waals surface area contributed by atoms with Crippen LogP contribution in [0, 0.1) is 0 Å². The molecule has 2 rings (SSSR count). The van der Waals surface area contributed by atoms with Crippen molar-refractivity contribution in [2.24, 2.45) is 0 Å². The molecule has 1 N–H and O–H groups in total. The van der Waals surface area contributed by atoms with Crippen LogP contribution in [0.1, 0.15) is 39.2 Å². The molecule has 1 aliphatic rings. The van der Waals surface area contributed by atoms with Crippen LogP contribution in [0.3, 0.4) is 0 Å². The van der Waals surface area contributed by atoms with Gasteiger partial charge in [-0.15, -0.1) is 0 Å². The van der Waals surface area contributed by atoms with Crippen LogP contribution in [-0.4, -0.2) is 36.1 Å². The highest BCUT2D eigenvalue weighted by molar-refractivity contribution is 5.15. The highest BCUT2D eigenvalue weighted by Gasteiger charge is 2.34. The first kappa shape index (κ1) is 14.5. The van der Waals surface area contributed by atoms with E-state index in [-0.39, 0.29) is 0 Å². The summed E-state index contributed by atoms with van der Waals surface area (Å²) in [5.74, 6) is 0. The second-order valence-corrected chi connectivity index (χ2v) is 5.92. The van der Waals surface area contributed by atoms with E-state index < -0.39 is 0 Å². The number of nitrogens with zero attached hydrogens (tertiary/aromatic N) is 1. The number of rotatable bonds is 5. The molecule has 19 heavy (non-hydrogen) atoms. The van der Waals surface area contributed by atoms with Crippen LogP contribution in [0.2, 0.25) is 0 Å². The van der Waals surface area contributed by atoms with Crippen LogP contribution in [-0.2, 0) is 6.42 Å². The molecule has 0 amide bonds. The number of hydrogen-bond acceptors (Lipinski definition) is 2. The lowest BCUT2D eigenvalue weighted by Gasteiger charge is -2.46. The molecule has 1 saturated heterocycles. The molecular formula is C17H28N2. The third-order valence-electron chi connectivity index (χ3n) is 4.79. The van der Waals surface area contributed by atoms with E-state index in [9.17, 15) is 0 Å². The third kappa shape index (κ3) is 3.58. The molecule has 0 aromatic heterocycles. The monoisotopic (exact) mass is 260 g/mol. The molecule has 0 bridgehead atoms. The van der Waals surface area contributed by atoms with Gasteiger partial charge in [0, 0.05) is 31.2 Å². The zero-order chi connectivity index (χ0) is 13.7. The van der Waals surface area contributed by atoms with Gasteiger partial charge in [0.15, 0.2) is 0 Å². The molecular weight excluding hydrogens is 232 g/mol. The normalized spacial score (nSPS) is 23.4. The first-order chi connectivity index (χ1) is 9.19. The number of hydrogen-bond donors (Lipinski definition) is 1. The lowest BCUT2D eigenvalue weighted by atomic mass is 9.88. The molecule has 0 aliphatic carbocycles. The molecule has 0 spiro atoms. The zero-order valence-electron chi connectivity index (χ0n) is 12.7. The van der Waals surface area contributed by atoms with Crippen molar-refractivity contribution in [3.8, 4) is 0 Å². The summed E-state index contributed by atoms with van der Waals surface area (Å²) in [6, 6.07) is 11.5. The lowest BCUT2D eigenvalue weighted by molar-refractivity contribution is 0.0819. The van der Waals surface area contributed by atoms with E-state index in [1.165, 1.54) is 31.5 Å². The van der Waals surface area contributed by atoms with E-state index in [0.29, 0.717) is 11.6 Å². The Morgan fingerprint density at radius 2 is 1.89 bits per heavy atom. The summed E-state index contributed by atoms with van der Waals surface area (Å²) < 4.78 is 0. The molecule has 0 saturated carbocycles. The summed E-state index contributed by atoms with van der Waals surface area (Å²) in [7, 11) is 0. The summed E-state index contributed by atoms with van der Waals surface area (Å²) in [6.07, 6.45) is 3.60. The standard InChI is InChI=1S/C17H28N2/c1-4-17(5-2)14-19(15(3)13-18-17)12-11-16-9-7-6-8-10-16/h6-10,15,18H,4-5,11-14H2,1-3H3. The summed E-state index contributed by atoms with van der Waals surface area (Å²) in [5.41, 5.74) is 1.79. The Hall–Kier alpha value is -0.860. The van der Waals surface area contributed by atoms with Gasteiger partial charge in [0.25, 0.3) is 0 Å². The van der Waals surface area contributed by atoms with E-state index in [4.69, 9.17) is 0 Å². The summed E-state index contributed by atoms with van der Waals surface area (Å²) in [4.78, 5) is 2.66. The maximum atomic E-state index is 3.77. The lowest BCUT2D eigenvalue weighted by Crippen LogP contribution is -2.63. The first-order valence-corrected chi connectivity index (χ1v) is 7.72. The van der Waals surface area contributed by atoms with Crippen molar-refractivity contribution in [1.29, 1.82) is 0 Å². The van der Waals surface area contributed by atoms with Gasteiger partial charge in [-0.25, -0.2) is 0 Å². The highest BCUT2D eigenvalue weighted by atomic mass is 15.2. The molecule has 1 heterocycles. The van der Waals surface area contributed by atoms with Crippen molar-refractivity contribution in [2.75, 3.05) is 19.6 Å². The summed E-state index contributed by atoms with van der Waals surface area (Å²) in [6.45, 7) is 10.4. The maximum Gasteiger partial charge on any atom is 0.0304 e. The fourth-order valence-electron chi connectivity index (χ4n) is 3.03. The van der Waals surface area contributed by atoms with Crippen molar-refractivity contribution in [1.82, 2.24) is 10.2 Å². The van der Waals surface area contributed by atoms with Gasteiger partial charge in [0.05, 0.1) is 0 Å². The minimum atomic E-state index is 0.337. The Kier molecular flexibility index (Phi) is 5.00. The van der Waals surface area contributed by atoms with E-state index in [0.717, 1.165) is 13.0 Å². The molecule has 1 fully saturated rings. The van der Waals surface area contributed by atoms with Gasteiger partial charge < -0.3 is 5.32 Å². The molecule has 0 radical (unpaired) electrons. The van der Waals surface area contributed by atoms with Crippen molar-refractivity contribution in [3.05, 3.63) is 35.9 Å². The predicted octanol–water partition coefficient (Wildman–Crippen LogP) is 3.08. The minimum absolute atomic E-state index is 0.337. The minimum Gasteiger partial charge on any atom is -0.308 e. The third-order valence-corrected chi connectivity index (χ3v) is 4.79. The fraction of sp³-hybridized carbons (Fsp3) is 0.647. The Labute approximate surface area is 118 Å². The van der Waals surface area contributed by atoms with Crippen LogP contribution in [0.4, 0.5) is 0 Å². The predicted molar refractivity (Wildman–Crippen MR) is 82.5 cm³/mol. The van der Waals surface area contributed by atoms with Gasteiger partial charge in [-0.2, -0.15) is 0 Å². The van der Waals surface area contributed by atoms with E-state index in [1.54, 1.807) is 0 Å². The first-order valence-electron chi connectivity index (χ1n) is 7.72. The molecule has 1 aliphatic heterocycles. The second kappa shape index (κ2) is 6.53. The van der Waals surface area contributed by atoms with Crippen LogP contribution < -0.4 is 5.32 Å². The molecule has 1 aromatic rings. The highest BCUT2D eigenvalue weighted by Crippen LogP contribution is 2.22.